The maximum atomic E-state index is 12.2. The van der Waals surface area contributed by atoms with Gasteiger partial charge in [0.25, 0.3) is 0 Å². The summed E-state index contributed by atoms with van der Waals surface area (Å²) in [5.41, 5.74) is 0. The summed E-state index contributed by atoms with van der Waals surface area (Å²) in [6.07, 6.45) is -0.740. The van der Waals surface area contributed by atoms with E-state index in [2.05, 4.69) is 10.1 Å². The van der Waals surface area contributed by atoms with Crippen LogP contribution in [0.2, 0.25) is 0 Å². The summed E-state index contributed by atoms with van der Waals surface area (Å²) in [5, 5.41) is 3.06. The quantitative estimate of drug-likeness (QED) is 0.703. The summed E-state index contributed by atoms with van der Waals surface area (Å²) in [4.78, 5) is 0. The first-order valence-corrected chi connectivity index (χ1v) is 6.65. The molecule has 0 aliphatic carbocycles. The summed E-state index contributed by atoms with van der Waals surface area (Å²) in [5.74, 6) is -0.171. The third kappa shape index (κ3) is 7.23. The van der Waals surface area contributed by atoms with Crippen molar-refractivity contribution >= 4 is 0 Å². The van der Waals surface area contributed by atoms with Crippen molar-refractivity contribution < 1.29 is 22.6 Å². The zero-order valence-electron chi connectivity index (χ0n) is 11.5. The number of nitrogens with one attached hydrogen (secondary N) is 1. The Balaban J connectivity index is 2.33. The Morgan fingerprint density at radius 2 is 1.65 bits per heavy atom. The van der Waals surface area contributed by atoms with Gasteiger partial charge in [0.2, 0.25) is 0 Å². The van der Waals surface area contributed by atoms with Gasteiger partial charge in [0.15, 0.2) is 11.5 Å². The minimum atomic E-state index is -4.70. The van der Waals surface area contributed by atoms with Crippen LogP contribution in [-0.4, -0.2) is 26.6 Å². The first kappa shape index (κ1) is 16.6. The Morgan fingerprint density at radius 3 is 2.30 bits per heavy atom. The molecule has 0 bridgehead atoms. The molecule has 1 aromatic carbocycles. The van der Waals surface area contributed by atoms with Gasteiger partial charge in [-0.2, -0.15) is 0 Å². The lowest BCUT2D eigenvalue weighted by molar-refractivity contribution is -0.275. The molecule has 6 heteroatoms. The van der Waals surface area contributed by atoms with Crippen LogP contribution in [0.1, 0.15) is 25.7 Å². The predicted molar refractivity (Wildman–Crippen MR) is 71.0 cm³/mol. The first-order valence-electron chi connectivity index (χ1n) is 6.65. The lowest BCUT2D eigenvalue weighted by atomic mass is 10.2. The van der Waals surface area contributed by atoms with Crippen LogP contribution < -0.4 is 14.8 Å². The molecular weight excluding hydrogens is 271 g/mol. The van der Waals surface area contributed by atoms with Crippen LogP contribution in [0, 0.1) is 0 Å². The Hall–Kier alpha value is -1.43. The fourth-order valence-corrected chi connectivity index (χ4v) is 1.72. The van der Waals surface area contributed by atoms with E-state index in [9.17, 15) is 13.2 Å². The number of hydrogen-bond acceptors (Lipinski definition) is 3. The largest absolute Gasteiger partial charge is 0.573 e. The highest BCUT2D eigenvalue weighted by molar-refractivity contribution is 5.39. The first-order chi connectivity index (χ1) is 9.53. The lowest BCUT2D eigenvalue weighted by Crippen LogP contribution is -2.17. The molecule has 0 aliphatic rings. The summed E-state index contributed by atoms with van der Waals surface area (Å²) in [7, 11) is 1.90. The molecule has 0 radical (unpaired) electrons. The Labute approximate surface area is 117 Å². The third-order valence-electron chi connectivity index (χ3n) is 2.65. The van der Waals surface area contributed by atoms with Crippen molar-refractivity contribution in [1.29, 1.82) is 0 Å². The molecule has 0 aliphatic heterocycles. The maximum absolute atomic E-state index is 12.2. The van der Waals surface area contributed by atoms with Gasteiger partial charge < -0.3 is 14.8 Å². The molecule has 1 rings (SSSR count). The molecule has 0 spiro atoms. The molecule has 0 saturated heterocycles. The van der Waals surface area contributed by atoms with Gasteiger partial charge in [0, 0.05) is 0 Å². The molecule has 0 atom stereocenters. The number of unbranched alkanes of at least 4 members (excludes halogenated alkanes) is 3. The molecule has 0 unspecified atom stereocenters. The molecule has 1 N–H and O–H groups in total. The van der Waals surface area contributed by atoms with Gasteiger partial charge in [0.05, 0.1) is 6.61 Å². The number of hydrogen-bond donors (Lipinski definition) is 1. The van der Waals surface area contributed by atoms with Crippen molar-refractivity contribution in [1.82, 2.24) is 5.32 Å². The fraction of sp³-hybridized carbons (Fsp3) is 0.571. The molecule has 0 fully saturated rings. The van der Waals surface area contributed by atoms with E-state index < -0.39 is 6.36 Å². The standard InChI is InChI=1S/C14H20F3NO2/c1-18-10-6-2-3-7-11-19-12-8-4-5-9-13(12)20-14(15,16)17/h4-5,8-9,18H,2-3,6-7,10-11H2,1H3. The van der Waals surface area contributed by atoms with Gasteiger partial charge in [0.1, 0.15) is 0 Å². The molecule has 0 amide bonds. The number of halogens is 3. The summed E-state index contributed by atoms with van der Waals surface area (Å²) in [6.45, 7) is 1.36. The van der Waals surface area contributed by atoms with Crippen molar-refractivity contribution in [2.24, 2.45) is 0 Å². The van der Waals surface area contributed by atoms with Crippen molar-refractivity contribution in [3.63, 3.8) is 0 Å². The minimum absolute atomic E-state index is 0.125. The van der Waals surface area contributed by atoms with Crippen molar-refractivity contribution in [3.05, 3.63) is 24.3 Å². The van der Waals surface area contributed by atoms with Gasteiger partial charge in [-0.1, -0.05) is 25.0 Å². The van der Waals surface area contributed by atoms with Crippen LogP contribution >= 0.6 is 0 Å². The van der Waals surface area contributed by atoms with Crippen LogP contribution in [-0.2, 0) is 0 Å². The van der Waals surface area contributed by atoms with Gasteiger partial charge >= 0.3 is 6.36 Å². The zero-order valence-corrected chi connectivity index (χ0v) is 11.5. The molecule has 20 heavy (non-hydrogen) atoms. The van der Waals surface area contributed by atoms with E-state index in [0.717, 1.165) is 32.2 Å². The van der Waals surface area contributed by atoms with Crippen molar-refractivity contribution in [2.45, 2.75) is 32.0 Å². The third-order valence-corrected chi connectivity index (χ3v) is 2.65. The molecule has 3 nitrogen and oxygen atoms in total. The highest BCUT2D eigenvalue weighted by Crippen LogP contribution is 2.31. The van der Waals surface area contributed by atoms with Crippen LogP contribution in [0.4, 0.5) is 13.2 Å². The Bertz CT molecular complexity index is 383. The average molecular weight is 291 g/mol. The van der Waals surface area contributed by atoms with Crippen LogP contribution in [0.5, 0.6) is 11.5 Å². The SMILES string of the molecule is CNCCCCCCOc1ccccc1OC(F)(F)F. The fourth-order valence-electron chi connectivity index (χ4n) is 1.72. The number of benzene rings is 1. The lowest BCUT2D eigenvalue weighted by Gasteiger charge is -2.13. The van der Waals surface area contributed by atoms with Gasteiger partial charge in [-0.25, -0.2) is 0 Å². The number of ether oxygens (including phenoxy) is 2. The number of alkyl halides is 3. The second-order valence-corrected chi connectivity index (χ2v) is 4.36. The summed E-state index contributed by atoms with van der Waals surface area (Å²) < 4.78 is 45.9. The van der Waals surface area contributed by atoms with Gasteiger partial charge in [-0.05, 0) is 38.6 Å². The minimum Gasteiger partial charge on any atom is -0.490 e. The molecule has 1 aromatic rings. The van der Waals surface area contributed by atoms with Crippen LogP contribution in [0.15, 0.2) is 24.3 Å². The van der Waals surface area contributed by atoms with E-state index in [4.69, 9.17) is 4.74 Å². The second-order valence-electron chi connectivity index (χ2n) is 4.36. The van der Waals surface area contributed by atoms with E-state index in [0.29, 0.717) is 6.61 Å². The van der Waals surface area contributed by atoms with E-state index >= 15 is 0 Å². The molecule has 0 heterocycles. The van der Waals surface area contributed by atoms with Crippen LogP contribution in [0.25, 0.3) is 0 Å². The summed E-state index contributed by atoms with van der Waals surface area (Å²) in [6, 6.07) is 5.81. The van der Waals surface area contributed by atoms with Crippen LogP contribution in [0.3, 0.4) is 0 Å². The van der Waals surface area contributed by atoms with Crippen molar-refractivity contribution in [2.75, 3.05) is 20.2 Å². The molecular formula is C14H20F3NO2. The molecule has 0 saturated carbocycles. The molecule has 0 aromatic heterocycles. The number of rotatable bonds is 9. The second kappa shape index (κ2) is 8.68. The Kier molecular flexibility index (Phi) is 7.22. The highest BCUT2D eigenvalue weighted by Gasteiger charge is 2.32. The monoisotopic (exact) mass is 291 g/mol. The van der Waals surface area contributed by atoms with Gasteiger partial charge in [-0.15, -0.1) is 13.2 Å². The highest BCUT2D eigenvalue weighted by atomic mass is 19.4. The molecule has 114 valence electrons. The zero-order chi connectivity index (χ0) is 14.8. The van der Waals surface area contributed by atoms with Crippen molar-refractivity contribution in [3.8, 4) is 11.5 Å². The maximum Gasteiger partial charge on any atom is 0.573 e. The van der Waals surface area contributed by atoms with E-state index in [-0.39, 0.29) is 11.5 Å². The number of para-hydroxylation sites is 2. The van der Waals surface area contributed by atoms with E-state index in [1.807, 2.05) is 7.05 Å². The van der Waals surface area contributed by atoms with E-state index in [1.54, 1.807) is 6.07 Å². The smallest absolute Gasteiger partial charge is 0.490 e. The normalized spacial score (nSPS) is 11.4. The topological polar surface area (TPSA) is 30.5 Å². The Morgan fingerprint density at radius 1 is 1.00 bits per heavy atom. The van der Waals surface area contributed by atoms with E-state index in [1.165, 1.54) is 18.2 Å². The average Bonchev–Trinajstić information content (AvgIpc) is 2.38. The predicted octanol–water partition coefficient (Wildman–Crippen LogP) is 3.74. The summed E-state index contributed by atoms with van der Waals surface area (Å²) >= 11 is 0. The van der Waals surface area contributed by atoms with Gasteiger partial charge in [-0.3, -0.25) is 0 Å².